The summed E-state index contributed by atoms with van der Waals surface area (Å²) in [5.74, 6) is 1.14. The first-order valence-corrected chi connectivity index (χ1v) is 10.8. The fraction of sp³-hybridized carbons (Fsp3) is 0.333. The largest absolute Gasteiger partial charge is 0.497 e. The van der Waals surface area contributed by atoms with Gasteiger partial charge >= 0.3 is 0 Å². The Labute approximate surface area is 185 Å². The van der Waals surface area contributed by atoms with Crippen LogP contribution >= 0.6 is 0 Å². The molecule has 1 saturated heterocycles. The number of amides is 1. The van der Waals surface area contributed by atoms with Crippen LogP contribution < -0.4 is 15.6 Å². The smallest absolute Gasteiger partial charge is 0.276 e. The number of anilines is 1. The molecule has 32 heavy (non-hydrogen) atoms. The number of fused-ring (bicyclic) bond motifs is 4. The number of carbonyl (C=O) groups excluding carboxylic acids is 1. The monoisotopic (exact) mass is 431 g/mol. The van der Waals surface area contributed by atoms with Crippen LogP contribution in [0.4, 0.5) is 5.69 Å². The molecule has 0 radical (unpaired) electrons. The Morgan fingerprint density at radius 2 is 1.97 bits per heavy atom. The molecule has 2 aromatic heterocycles. The van der Waals surface area contributed by atoms with Crippen LogP contribution in [0, 0.1) is 5.92 Å². The van der Waals surface area contributed by atoms with Gasteiger partial charge in [0.2, 0.25) is 0 Å². The topological polar surface area (TPSA) is 89.3 Å². The summed E-state index contributed by atoms with van der Waals surface area (Å²) in [6, 6.07) is 11.9. The standard InChI is InChI=1S/C24H25N5O3/c1-32-19-4-2-16(3-5-19)12-28-13-17-10-18(15-28)22-7-6-20(24(31)29(22)14-17)27-23(30)21-11-25-8-9-26-21/h2-9,11,17-18H,10,12-15H2,1H3,(H,27,30)/t17-,18-/m1/s1. The van der Waals surface area contributed by atoms with Crippen molar-refractivity contribution in [2.24, 2.45) is 5.92 Å². The summed E-state index contributed by atoms with van der Waals surface area (Å²) >= 11 is 0. The molecule has 164 valence electrons. The number of hydrogen-bond acceptors (Lipinski definition) is 6. The van der Waals surface area contributed by atoms with Crippen molar-refractivity contribution in [1.82, 2.24) is 19.4 Å². The number of benzene rings is 1. The first kappa shape index (κ1) is 20.4. The lowest BCUT2D eigenvalue weighted by atomic mass is 9.83. The Kier molecular flexibility index (Phi) is 5.45. The number of pyridine rings is 1. The lowest BCUT2D eigenvalue weighted by Crippen LogP contribution is -2.47. The van der Waals surface area contributed by atoms with Crippen LogP contribution in [0.15, 0.2) is 59.8 Å². The number of ether oxygens (including phenoxy) is 1. The van der Waals surface area contributed by atoms with E-state index in [0.717, 1.165) is 37.5 Å². The molecule has 0 aliphatic carbocycles. The Balaban J connectivity index is 1.33. The van der Waals surface area contributed by atoms with Gasteiger partial charge < -0.3 is 14.6 Å². The van der Waals surface area contributed by atoms with Gasteiger partial charge in [-0.1, -0.05) is 12.1 Å². The van der Waals surface area contributed by atoms with E-state index in [4.69, 9.17) is 4.74 Å². The first-order valence-electron chi connectivity index (χ1n) is 10.8. The minimum absolute atomic E-state index is 0.155. The van der Waals surface area contributed by atoms with Crippen LogP contribution in [0.5, 0.6) is 5.75 Å². The van der Waals surface area contributed by atoms with Crippen LogP contribution in [0.3, 0.4) is 0 Å². The van der Waals surface area contributed by atoms with Gasteiger partial charge in [0.05, 0.1) is 13.3 Å². The molecule has 5 rings (SSSR count). The Hall–Kier alpha value is -3.52. The fourth-order valence-electron chi connectivity index (χ4n) is 4.86. The summed E-state index contributed by atoms with van der Waals surface area (Å²) in [4.78, 5) is 35.9. The second kappa shape index (κ2) is 8.55. The number of likely N-dealkylation sites (tertiary alicyclic amines) is 1. The van der Waals surface area contributed by atoms with Gasteiger partial charge in [-0.15, -0.1) is 0 Å². The molecule has 0 unspecified atom stereocenters. The van der Waals surface area contributed by atoms with E-state index in [1.807, 2.05) is 22.8 Å². The normalized spacial score (nSPS) is 19.8. The SMILES string of the molecule is COc1ccc(CN2C[C@H]3C[C@H](C2)c2ccc(NC(=O)c4cnccn4)c(=O)n2C3)cc1. The summed E-state index contributed by atoms with van der Waals surface area (Å²) in [5, 5.41) is 2.70. The van der Waals surface area contributed by atoms with Crippen molar-refractivity contribution >= 4 is 11.6 Å². The molecule has 1 fully saturated rings. The van der Waals surface area contributed by atoms with Gasteiger partial charge in [-0.05, 0) is 42.2 Å². The van der Waals surface area contributed by atoms with Crippen LogP contribution in [-0.4, -0.2) is 45.5 Å². The molecule has 0 saturated carbocycles. The summed E-state index contributed by atoms with van der Waals surface area (Å²) in [7, 11) is 1.67. The molecule has 8 nitrogen and oxygen atoms in total. The van der Waals surface area contributed by atoms with Crippen molar-refractivity contribution in [3.05, 3.63) is 82.3 Å². The van der Waals surface area contributed by atoms with E-state index in [-0.39, 0.29) is 16.9 Å². The third kappa shape index (κ3) is 4.01. The zero-order chi connectivity index (χ0) is 22.1. The minimum atomic E-state index is -0.433. The van der Waals surface area contributed by atoms with E-state index < -0.39 is 5.91 Å². The van der Waals surface area contributed by atoms with Crippen molar-refractivity contribution in [3.8, 4) is 5.75 Å². The Morgan fingerprint density at radius 1 is 1.12 bits per heavy atom. The second-order valence-corrected chi connectivity index (χ2v) is 8.47. The van der Waals surface area contributed by atoms with Crippen molar-refractivity contribution in [2.75, 3.05) is 25.5 Å². The van der Waals surface area contributed by atoms with E-state index in [9.17, 15) is 9.59 Å². The lowest BCUT2D eigenvalue weighted by molar-refractivity contribution is 0.102. The van der Waals surface area contributed by atoms with Crippen LogP contribution in [0.1, 0.15) is 34.1 Å². The van der Waals surface area contributed by atoms with Crippen LogP contribution in [-0.2, 0) is 13.1 Å². The number of rotatable bonds is 5. The number of hydrogen-bond donors (Lipinski definition) is 1. The molecular weight excluding hydrogens is 406 g/mol. The summed E-state index contributed by atoms with van der Waals surface area (Å²) in [6.07, 6.45) is 5.42. The summed E-state index contributed by atoms with van der Waals surface area (Å²) in [5.41, 5.74) is 2.60. The van der Waals surface area contributed by atoms with Gasteiger partial charge in [0.15, 0.2) is 0 Å². The molecule has 1 amide bonds. The van der Waals surface area contributed by atoms with Gasteiger partial charge in [-0.3, -0.25) is 19.5 Å². The average Bonchev–Trinajstić information content (AvgIpc) is 2.82. The zero-order valence-corrected chi connectivity index (χ0v) is 17.9. The van der Waals surface area contributed by atoms with Gasteiger partial charge in [-0.25, -0.2) is 4.98 Å². The highest BCUT2D eigenvalue weighted by molar-refractivity contribution is 6.02. The number of aromatic nitrogens is 3. The molecular formula is C24H25N5O3. The van der Waals surface area contributed by atoms with E-state index in [1.54, 1.807) is 13.2 Å². The highest BCUT2D eigenvalue weighted by Crippen LogP contribution is 2.36. The molecule has 0 spiro atoms. The van der Waals surface area contributed by atoms with Gasteiger partial charge in [0, 0.05) is 50.2 Å². The van der Waals surface area contributed by atoms with Gasteiger partial charge in [-0.2, -0.15) is 0 Å². The predicted octanol–water partition coefficient (Wildman–Crippen LogP) is 2.52. The average molecular weight is 431 g/mol. The number of methoxy groups -OCH3 is 1. The molecule has 1 N–H and O–H groups in total. The minimum Gasteiger partial charge on any atom is -0.497 e. The van der Waals surface area contributed by atoms with E-state index >= 15 is 0 Å². The summed E-state index contributed by atoms with van der Waals surface area (Å²) < 4.78 is 7.09. The number of piperidine rings is 1. The number of nitrogens with one attached hydrogen (secondary N) is 1. The molecule has 1 aromatic carbocycles. The maximum atomic E-state index is 13.1. The number of nitrogens with zero attached hydrogens (tertiary/aromatic N) is 4. The molecule has 8 heteroatoms. The van der Waals surface area contributed by atoms with Crippen molar-refractivity contribution in [1.29, 1.82) is 0 Å². The molecule has 3 aromatic rings. The molecule has 4 heterocycles. The second-order valence-electron chi connectivity index (χ2n) is 8.47. The third-order valence-electron chi connectivity index (χ3n) is 6.29. The lowest BCUT2D eigenvalue weighted by Gasteiger charge is -2.43. The quantitative estimate of drug-likeness (QED) is 0.668. The third-order valence-corrected chi connectivity index (χ3v) is 6.29. The van der Waals surface area contributed by atoms with Crippen LogP contribution in [0.25, 0.3) is 0 Å². The van der Waals surface area contributed by atoms with Crippen molar-refractivity contribution in [3.63, 3.8) is 0 Å². The van der Waals surface area contributed by atoms with Gasteiger partial charge in [0.25, 0.3) is 11.5 Å². The molecule has 2 atom stereocenters. The van der Waals surface area contributed by atoms with E-state index in [1.165, 1.54) is 24.2 Å². The van der Waals surface area contributed by atoms with Crippen molar-refractivity contribution in [2.45, 2.75) is 25.4 Å². The molecule has 2 bridgehead atoms. The fourth-order valence-corrected chi connectivity index (χ4v) is 4.86. The summed E-state index contributed by atoms with van der Waals surface area (Å²) in [6.45, 7) is 3.41. The van der Waals surface area contributed by atoms with Crippen molar-refractivity contribution < 1.29 is 9.53 Å². The van der Waals surface area contributed by atoms with Crippen LogP contribution in [0.2, 0.25) is 0 Å². The highest BCUT2D eigenvalue weighted by atomic mass is 16.5. The molecule has 2 aliphatic rings. The van der Waals surface area contributed by atoms with Gasteiger partial charge in [0.1, 0.15) is 17.1 Å². The van der Waals surface area contributed by atoms with E-state index in [0.29, 0.717) is 18.4 Å². The van der Waals surface area contributed by atoms with E-state index in [2.05, 4.69) is 32.3 Å². The predicted molar refractivity (Wildman–Crippen MR) is 120 cm³/mol. The zero-order valence-electron chi connectivity index (χ0n) is 17.9. The Morgan fingerprint density at radius 3 is 2.72 bits per heavy atom. The number of carbonyl (C=O) groups is 1. The maximum Gasteiger partial charge on any atom is 0.276 e. The molecule has 2 aliphatic heterocycles. The first-order chi connectivity index (χ1) is 15.6. The highest BCUT2D eigenvalue weighted by Gasteiger charge is 2.35. The Bertz CT molecular complexity index is 1180. The maximum absolute atomic E-state index is 13.1.